The van der Waals surface area contributed by atoms with Gasteiger partial charge in [-0.3, -0.25) is 9.78 Å². The molecule has 0 unspecified atom stereocenters. The van der Waals surface area contributed by atoms with Crippen LogP contribution in [0.2, 0.25) is 0 Å². The van der Waals surface area contributed by atoms with Gasteiger partial charge in [-0.25, -0.2) is 4.98 Å². The van der Waals surface area contributed by atoms with E-state index in [9.17, 15) is 4.79 Å². The van der Waals surface area contributed by atoms with Gasteiger partial charge in [0, 0.05) is 11.8 Å². The Kier molecular flexibility index (Phi) is 4.53. The summed E-state index contributed by atoms with van der Waals surface area (Å²) in [5.41, 5.74) is 2.25. The highest BCUT2D eigenvalue weighted by molar-refractivity contribution is 7.20. The van der Waals surface area contributed by atoms with Gasteiger partial charge in [0.1, 0.15) is 5.75 Å². The number of fused-ring (bicyclic) bond motifs is 1. The Hall–Kier alpha value is -3.31. The molecule has 0 fully saturated rings. The number of benzene rings is 2. The van der Waals surface area contributed by atoms with Crippen molar-refractivity contribution in [2.75, 3.05) is 0 Å². The number of hydrogen-bond acceptors (Lipinski definition) is 5. The van der Waals surface area contributed by atoms with Gasteiger partial charge in [-0.1, -0.05) is 29.5 Å². The number of carbonyl (C=O) groups excluding carboxylic acids is 1. The van der Waals surface area contributed by atoms with Gasteiger partial charge in [-0.05, 0) is 60.7 Å². The molecule has 4 rings (SSSR count). The van der Waals surface area contributed by atoms with E-state index in [-0.39, 0.29) is 5.78 Å². The molecule has 4 aromatic rings. The van der Waals surface area contributed by atoms with Gasteiger partial charge in [0.05, 0.1) is 15.9 Å². The van der Waals surface area contributed by atoms with Crippen molar-refractivity contribution >= 4 is 33.4 Å². The first-order valence-corrected chi connectivity index (χ1v) is 8.86. The first kappa shape index (κ1) is 16.2. The van der Waals surface area contributed by atoms with E-state index in [4.69, 9.17) is 4.74 Å². The molecule has 0 saturated carbocycles. The van der Waals surface area contributed by atoms with Crippen molar-refractivity contribution in [1.29, 1.82) is 0 Å². The number of carbonyl (C=O) groups is 1. The van der Waals surface area contributed by atoms with Crippen molar-refractivity contribution in [1.82, 2.24) is 9.97 Å². The minimum absolute atomic E-state index is 0.0813. The zero-order valence-corrected chi connectivity index (χ0v) is 14.5. The van der Waals surface area contributed by atoms with Crippen LogP contribution in [0.1, 0.15) is 16.1 Å². The average molecular weight is 358 g/mol. The number of ketones is 1. The van der Waals surface area contributed by atoms with E-state index >= 15 is 0 Å². The van der Waals surface area contributed by atoms with Crippen molar-refractivity contribution < 1.29 is 9.53 Å². The number of pyridine rings is 1. The van der Waals surface area contributed by atoms with Crippen molar-refractivity contribution in [3.8, 4) is 10.9 Å². The predicted octanol–water partition coefficient (Wildman–Crippen LogP) is 5.38. The van der Waals surface area contributed by atoms with E-state index in [2.05, 4.69) is 9.97 Å². The topological polar surface area (TPSA) is 52.1 Å². The highest BCUT2D eigenvalue weighted by Gasteiger charge is 2.07. The molecule has 4 nitrogen and oxygen atoms in total. The summed E-state index contributed by atoms with van der Waals surface area (Å²) in [5, 5.41) is 0.584. The molecule has 0 bridgehead atoms. The average Bonchev–Trinajstić information content (AvgIpc) is 3.10. The van der Waals surface area contributed by atoms with Crippen LogP contribution in [0.3, 0.4) is 0 Å². The summed E-state index contributed by atoms with van der Waals surface area (Å²) in [6.45, 7) is 0. The van der Waals surface area contributed by atoms with E-state index in [0.717, 1.165) is 15.9 Å². The van der Waals surface area contributed by atoms with Gasteiger partial charge < -0.3 is 4.74 Å². The molecule has 126 valence electrons. The minimum Gasteiger partial charge on any atom is -0.431 e. The van der Waals surface area contributed by atoms with Crippen molar-refractivity contribution in [2.45, 2.75) is 0 Å². The highest BCUT2D eigenvalue weighted by atomic mass is 32.1. The van der Waals surface area contributed by atoms with Gasteiger partial charge in [-0.15, -0.1) is 0 Å². The molecular weight excluding hydrogens is 344 g/mol. The van der Waals surface area contributed by atoms with Crippen LogP contribution >= 0.6 is 11.3 Å². The van der Waals surface area contributed by atoms with E-state index < -0.39 is 0 Å². The Morgan fingerprint density at radius 1 is 0.962 bits per heavy atom. The molecule has 0 aliphatic rings. The van der Waals surface area contributed by atoms with Crippen LogP contribution < -0.4 is 4.74 Å². The zero-order chi connectivity index (χ0) is 17.8. The summed E-state index contributed by atoms with van der Waals surface area (Å²) >= 11 is 1.49. The highest BCUT2D eigenvalue weighted by Crippen LogP contribution is 2.31. The predicted molar refractivity (Wildman–Crippen MR) is 104 cm³/mol. The molecule has 2 aromatic carbocycles. The lowest BCUT2D eigenvalue weighted by atomic mass is 10.1. The molecule has 0 atom stereocenters. The fourth-order valence-corrected chi connectivity index (χ4v) is 3.25. The maximum absolute atomic E-state index is 12.2. The second-order valence-electron chi connectivity index (χ2n) is 5.53. The first-order chi connectivity index (χ1) is 12.8. The van der Waals surface area contributed by atoms with Gasteiger partial charge in [0.15, 0.2) is 5.78 Å². The number of nitrogens with zero attached hydrogens (tertiary/aromatic N) is 2. The normalized spacial score (nSPS) is 11.1. The van der Waals surface area contributed by atoms with Crippen LogP contribution in [0, 0.1) is 0 Å². The number of allylic oxidation sites excluding steroid dienone is 1. The van der Waals surface area contributed by atoms with E-state index in [1.807, 2.05) is 42.5 Å². The third-order valence-corrected chi connectivity index (χ3v) is 4.63. The number of aromatic nitrogens is 2. The van der Waals surface area contributed by atoms with E-state index in [1.54, 1.807) is 36.5 Å². The van der Waals surface area contributed by atoms with Crippen molar-refractivity contribution in [2.24, 2.45) is 0 Å². The smallest absolute Gasteiger partial charge is 0.279 e. The van der Waals surface area contributed by atoms with E-state index in [0.29, 0.717) is 16.5 Å². The van der Waals surface area contributed by atoms with Crippen LogP contribution in [0.15, 0.2) is 79.0 Å². The molecule has 0 aliphatic carbocycles. The SMILES string of the molecule is O=C(/C=C/c1ccccn1)c1ccc(Oc2nc3ccccc3s2)cc1. The summed E-state index contributed by atoms with van der Waals surface area (Å²) in [6.07, 6.45) is 4.91. The quantitative estimate of drug-likeness (QED) is 0.355. The molecule has 0 radical (unpaired) electrons. The third-order valence-electron chi connectivity index (χ3n) is 3.71. The van der Waals surface area contributed by atoms with Gasteiger partial charge in [-0.2, -0.15) is 0 Å². The maximum Gasteiger partial charge on any atom is 0.279 e. The van der Waals surface area contributed by atoms with Crippen molar-refractivity contribution in [3.05, 3.63) is 90.3 Å². The van der Waals surface area contributed by atoms with Crippen LogP contribution in [0.4, 0.5) is 0 Å². The number of para-hydroxylation sites is 1. The monoisotopic (exact) mass is 358 g/mol. The van der Waals surface area contributed by atoms with Gasteiger partial charge in [0.2, 0.25) is 0 Å². The zero-order valence-electron chi connectivity index (χ0n) is 13.7. The Balaban J connectivity index is 1.46. The Bertz CT molecular complexity index is 1040. The first-order valence-electron chi connectivity index (χ1n) is 8.05. The standard InChI is InChI=1S/C21H14N2O2S/c24-19(13-10-16-5-3-4-14-22-16)15-8-11-17(12-9-15)25-21-23-18-6-1-2-7-20(18)26-21/h1-14H/b13-10+. The lowest BCUT2D eigenvalue weighted by molar-refractivity contribution is 0.104. The van der Waals surface area contributed by atoms with Crippen LogP contribution in [-0.2, 0) is 0 Å². The second-order valence-corrected chi connectivity index (χ2v) is 6.52. The molecule has 5 heteroatoms. The molecular formula is C21H14N2O2S. The molecule has 0 amide bonds. The molecule has 0 aliphatic heterocycles. The number of hydrogen-bond donors (Lipinski definition) is 0. The molecule has 0 N–H and O–H groups in total. The van der Waals surface area contributed by atoms with Crippen molar-refractivity contribution in [3.63, 3.8) is 0 Å². The summed E-state index contributed by atoms with van der Waals surface area (Å²) in [5.74, 6) is 0.566. The fourth-order valence-electron chi connectivity index (χ4n) is 2.41. The molecule has 2 aromatic heterocycles. The third kappa shape index (κ3) is 3.68. The summed E-state index contributed by atoms with van der Waals surface area (Å²) in [6, 6.07) is 20.5. The maximum atomic E-state index is 12.2. The Labute approximate surface area is 154 Å². The number of rotatable bonds is 5. The Morgan fingerprint density at radius 2 is 1.77 bits per heavy atom. The fraction of sp³-hybridized carbons (Fsp3) is 0. The summed E-state index contributed by atoms with van der Waals surface area (Å²) in [7, 11) is 0. The number of ether oxygens (including phenoxy) is 1. The lowest BCUT2D eigenvalue weighted by Gasteiger charge is -2.02. The molecule has 2 heterocycles. The molecule has 26 heavy (non-hydrogen) atoms. The van der Waals surface area contributed by atoms with Gasteiger partial charge in [0.25, 0.3) is 5.19 Å². The number of thiazole rings is 1. The van der Waals surface area contributed by atoms with E-state index in [1.165, 1.54) is 17.4 Å². The summed E-state index contributed by atoms with van der Waals surface area (Å²) in [4.78, 5) is 20.8. The second kappa shape index (κ2) is 7.29. The minimum atomic E-state index is -0.0813. The van der Waals surface area contributed by atoms with Crippen LogP contribution in [-0.4, -0.2) is 15.8 Å². The molecule has 0 spiro atoms. The largest absolute Gasteiger partial charge is 0.431 e. The van der Waals surface area contributed by atoms with Crippen LogP contribution in [0.25, 0.3) is 16.3 Å². The lowest BCUT2D eigenvalue weighted by Crippen LogP contribution is -1.94. The Morgan fingerprint density at radius 3 is 2.54 bits per heavy atom. The molecule has 0 saturated heterocycles. The van der Waals surface area contributed by atoms with Crippen LogP contribution in [0.5, 0.6) is 10.9 Å². The van der Waals surface area contributed by atoms with Gasteiger partial charge >= 0.3 is 0 Å². The summed E-state index contributed by atoms with van der Waals surface area (Å²) < 4.78 is 6.87.